The molecule has 0 unspecified atom stereocenters. The van der Waals surface area contributed by atoms with Gasteiger partial charge in [0.2, 0.25) is 5.91 Å². The molecule has 32 heavy (non-hydrogen) atoms. The first kappa shape index (κ1) is 22.1. The molecule has 7 heteroatoms. The first-order valence-corrected chi connectivity index (χ1v) is 12.0. The Morgan fingerprint density at radius 1 is 1.09 bits per heavy atom. The monoisotopic (exact) mass is 448 g/mol. The van der Waals surface area contributed by atoms with Crippen molar-refractivity contribution in [1.29, 1.82) is 0 Å². The molecular formula is C25H28N4O2S. The molecule has 0 radical (unpaired) electrons. The summed E-state index contributed by atoms with van der Waals surface area (Å²) < 4.78 is 7.27. The number of ether oxygens (including phenoxy) is 1. The summed E-state index contributed by atoms with van der Waals surface area (Å²) in [6, 6.07) is 17.7. The number of hydrogen-bond donors (Lipinski definition) is 1. The lowest BCUT2D eigenvalue weighted by molar-refractivity contribution is -0.118. The van der Waals surface area contributed by atoms with Crippen LogP contribution in [-0.2, 0) is 4.79 Å². The number of thioether (sulfide) groups is 1. The molecule has 1 aromatic heterocycles. The second-order valence-electron chi connectivity index (χ2n) is 7.70. The third kappa shape index (κ3) is 5.59. The summed E-state index contributed by atoms with van der Waals surface area (Å²) >= 11 is 1.39. The molecular weight excluding hydrogens is 420 g/mol. The molecule has 6 nitrogen and oxygen atoms in total. The van der Waals surface area contributed by atoms with Gasteiger partial charge in [-0.3, -0.25) is 9.36 Å². The number of amides is 1. The zero-order valence-corrected chi connectivity index (χ0v) is 19.1. The zero-order valence-electron chi connectivity index (χ0n) is 18.3. The highest BCUT2D eigenvalue weighted by Crippen LogP contribution is 2.28. The Hall–Kier alpha value is -3.06. The van der Waals surface area contributed by atoms with Crippen molar-refractivity contribution in [3.05, 3.63) is 66.2 Å². The van der Waals surface area contributed by atoms with Crippen molar-refractivity contribution in [2.45, 2.75) is 37.3 Å². The van der Waals surface area contributed by atoms with E-state index in [2.05, 4.69) is 21.6 Å². The summed E-state index contributed by atoms with van der Waals surface area (Å²) in [5.74, 6) is 1.83. The van der Waals surface area contributed by atoms with Crippen molar-refractivity contribution in [2.75, 3.05) is 19.4 Å². The second kappa shape index (κ2) is 11.0. The fourth-order valence-corrected chi connectivity index (χ4v) is 4.56. The van der Waals surface area contributed by atoms with Crippen molar-refractivity contribution in [3.63, 3.8) is 0 Å². The highest BCUT2D eigenvalue weighted by molar-refractivity contribution is 7.99. The summed E-state index contributed by atoms with van der Waals surface area (Å²) in [4.78, 5) is 12.4. The van der Waals surface area contributed by atoms with Gasteiger partial charge in [0.15, 0.2) is 11.0 Å². The minimum absolute atomic E-state index is 0.0111. The number of carbonyl (C=O) groups is 1. The first-order chi connectivity index (χ1) is 15.7. The number of benzene rings is 2. The molecule has 0 saturated heterocycles. The normalized spacial score (nSPS) is 13.5. The molecule has 0 spiro atoms. The Kier molecular flexibility index (Phi) is 7.61. The van der Waals surface area contributed by atoms with Crippen molar-refractivity contribution in [3.8, 4) is 22.8 Å². The lowest BCUT2D eigenvalue weighted by atomic mass is 9.97. The molecule has 0 bridgehead atoms. The minimum Gasteiger partial charge on any atom is -0.497 e. The first-order valence-electron chi connectivity index (χ1n) is 11.0. The summed E-state index contributed by atoms with van der Waals surface area (Å²) in [6.07, 6.45) is 8.15. The van der Waals surface area contributed by atoms with E-state index in [-0.39, 0.29) is 5.91 Å². The number of allylic oxidation sites excluding steroid dienone is 1. The lowest BCUT2D eigenvalue weighted by Gasteiger charge is -2.13. The Bertz CT molecular complexity index is 1060. The van der Waals surface area contributed by atoms with E-state index in [1.807, 2.05) is 59.2 Å². The van der Waals surface area contributed by atoms with E-state index < -0.39 is 0 Å². The predicted octanol–water partition coefficient (Wildman–Crippen LogP) is 5.04. The molecule has 1 amide bonds. The number of nitrogens with one attached hydrogen (secondary N) is 1. The van der Waals surface area contributed by atoms with Gasteiger partial charge in [-0.1, -0.05) is 53.7 Å². The number of methoxy groups -OCH3 is 1. The van der Waals surface area contributed by atoms with Crippen LogP contribution in [0.4, 0.5) is 0 Å². The molecule has 4 rings (SSSR count). The van der Waals surface area contributed by atoms with Gasteiger partial charge >= 0.3 is 0 Å². The molecule has 0 aliphatic heterocycles. The van der Waals surface area contributed by atoms with Crippen molar-refractivity contribution >= 4 is 17.7 Å². The maximum Gasteiger partial charge on any atom is 0.230 e. The Morgan fingerprint density at radius 3 is 2.62 bits per heavy atom. The van der Waals surface area contributed by atoms with Crippen molar-refractivity contribution in [1.82, 2.24) is 20.1 Å². The lowest BCUT2D eigenvalue weighted by Crippen LogP contribution is -2.26. The van der Waals surface area contributed by atoms with E-state index >= 15 is 0 Å². The van der Waals surface area contributed by atoms with Crippen LogP contribution in [0, 0.1) is 0 Å². The van der Waals surface area contributed by atoms with Gasteiger partial charge in [0.05, 0.1) is 12.9 Å². The molecule has 166 valence electrons. The predicted molar refractivity (Wildman–Crippen MR) is 128 cm³/mol. The Morgan fingerprint density at radius 2 is 1.91 bits per heavy atom. The molecule has 0 fully saturated rings. The van der Waals surface area contributed by atoms with E-state index in [0.717, 1.165) is 35.7 Å². The van der Waals surface area contributed by atoms with Gasteiger partial charge in [0.1, 0.15) is 5.75 Å². The van der Waals surface area contributed by atoms with Gasteiger partial charge < -0.3 is 10.1 Å². The topological polar surface area (TPSA) is 69.0 Å². The summed E-state index contributed by atoms with van der Waals surface area (Å²) in [5.41, 5.74) is 3.35. The van der Waals surface area contributed by atoms with Crippen LogP contribution in [0.15, 0.2) is 71.4 Å². The number of aromatic nitrogens is 3. The van der Waals surface area contributed by atoms with Crippen LogP contribution >= 0.6 is 11.8 Å². The van der Waals surface area contributed by atoms with Crippen LogP contribution < -0.4 is 10.1 Å². The van der Waals surface area contributed by atoms with E-state index in [0.29, 0.717) is 17.5 Å². The molecule has 0 atom stereocenters. The molecule has 1 N–H and O–H groups in total. The number of hydrogen-bond acceptors (Lipinski definition) is 5. The average Bonchev–Trinajstić information content (AvgIpc) is 3.28. The van der Waals surface area contributed by atoms with Crippen molar-refractivity contribution < 1.29 is 9.53 Å². The van der Waals surface area contributed by atoms with Crippen LogP contribution in [0.5, 0.6) is 5.75 Å². The molecule has 1 aliphatic rings. The highest BCUT2D eigenvalue weighted by Gasteiger charge is 2.17. The SMILES string of the molecule is COc1ccc(-n2c(SCC(=O)NCCC3=CCCCC3)nnc2-c2ccccc2)cc1. The summed E-state index contributed by atoms with van der Waals surface area (Å²) in [7, 11) is 1.65. The van der Waals surface area contributed by atoms with Crippen LogP contribution in [0.25, 0.3) is 17.1 Å². The number of nitrogens with zero attached hydrogens (tertiary/aromatic N) is 3. The van der Waals surface area contributed by atoms with E-state index in [1.54, 1.807) is 7.11 Å². The van der Waals surface area contributed by atoms with E-state index in [1.165, 1.54) is 36.6 Å². The van der Waals surface area contributed by atoms with E-state index in [4.69, 9.17) is 4.74 Å². The standard InChI is InChI=1S/C25H28N4O2S/c1-31-22-14-12-21(13-15-22)29-24(20-10-6-3-7-11-20)27-28-25(29)32-18-23(30)26-17-16-19-8-4-2-5-9-19/h3,6-8,10-15H,2,4-5,9,16-18H2,1H3,(H,26,30). The fraction of sp³-hybridized carbons (Fsp3) is 0.320. The third-order valence-electron chi connectivity index (χ3n) is 5.48. The highest BCUT2D eigenvalue weighted by atomic mass is 32.2. The van der Waals surface area contributed by atoms with Crippen LogP contribution in [0.3, 0.4) is 0 Å². The molecule has 1 heterocycles. The summed E-state index contributed by atoms with van der Waals surface area (Å²) in [5, 5.41) is 12.5. The molecule has 3 aromatic rings. The van der Waals surface area contributed by atoms with Crippen LogP contribution in [-0.4, -0.2) is 40.1 Å². The number of carbonyl (C=O) groups excluding carboxylic acids is 1. The maximum atomic E-state index is 12.4. The third-order valence-corrected chi connectivity index (χ3v) is 6.41. The smallest absolute Gasteiger partial charge is 0.230 e. The van der Waals surface area contributed by atoms with Crippen molar-refractivity contribution in [2.24, 2.45) is 0 Å². The largest absolute Gasteiger partial charge is 0.497 e. The zero-order chi connectivity index (χ0) is 22.2. The number of rotatable bonds is 9. The van der Waals surface area contributed by atoms with Gasteiger partial charge in [0, 0.05) is 17.8 Å². The van der Waals surface area contributed by atoms with E-state index in [9.17, 15) is 4.79 Å². The van der Waals surface area contributed by atoms with Gasteiger partial charge in [-0.2, -0.15) is 0 Å². The fourth-order valence-electron chi connectivity index (χ4n) is 3.78. The van der Waals surface area contributed by atoms with Gasteiger partial charge in [-0.15, -0.1) is 10.2 Å². The molecule has 1 aliphatic carbocycles. The quantitative estimate of drug-likeness (QED) is 0.367. The van der Waals surface area contributed by atoms with Crippen LogP contribution in [0.2, 0.25) is 0 Å². The Labute approximate surface area is 193 Å². The maximum absolute atomic E-state index is 12.4. The minimum atomic E-state index is 0.0111. The Balaban J connectivity index is 1.46. The van der Waals surface area contributed by atoms with Gasteiger partial charge in [-0.25, -0.2) is 0 Å². The van der Waals surface area contributed by atoms with Gasteiger partial charge in [-0.05, 0) is 56.4 Å². The second-order valence-corrected chi connectivity index (χ2v) is 8.64. The average molecular weight is 449 g/mol. The summed E-state index contributed by atoms with van der Waals surface area (Å²) in [6.45, 7) is 0.686. The molecule has 0 saturated carbocycles. The van der Waals surface area contributed by atoms with Crippen LogP contribution in [0.1, 0.15) is 32.1 Å². The van der Waals surface area contributed by atoms with Gasteiger partial charge in [0.25, 0.3) is 0 Å². The molecule has 2 aromatic carbocycles.